The van der Waals surface area contributed by atoms with E-state index in [2.05, 4.69) is 20.8 Å². The lowest BCUT2D eigenvalue weighted by Crippen LogP contribution is -2.16. The van der Waals surface area contributed by atoms with E-state index < -0.39 is 0 Å². The Bertz CT molecular complexity index is 700. The Hall–Kier alpha value is -2.40. The minimum atomic E-state index is -0.0555. The summed E-state index contributed by atoms with van der Waals surface area (Å²) in [7, 11) is 3.28. The van der Waals surface area contributed by atoms with E-state index in [1.807, 2.05) is 36.4 Å². The zero-order valence-electron chi connectivity index (χ0n) is 16.3. The zero-order valence-corrected chi connectivity index (χ0v) is 16.3. The van der Waals surface area contributed by atoms with Crippen LogP contribution in [0.1, 0.15) is 31.9 Å². The van der Waals surface area contributed by atoms with Crippen molar-refractivity contribution in [3.05, 3.63) is 47.5 Å². The maximum atomic E-state index is 5.98. The van der Waals surface area contributed by atoms with Gasteiger partial charge in [-0.15, -0.1) is 0 Å². The molecule has 142 valence electrons. The van der Waals surface area contributed by atoms with Crippen LogP contribution >= 0.6 is 0 Å². The highest BCUT2D eigenvalue weighted by molar-refractivity contribution is 5.46. The summed E-state index contributed by atoms with van der Waals surface area (Å²) < 4.78 is 22.6. The first-order valence-electron chi connectivity index (χ1n) is 8.70. The Balaban J connectivity index is 2.05. The normalized spacial score (nSPS) is 11.2. The highest BCUT2D eigenvalue weighted by atomic mass is 16.5. The fourth-order valence-corrected chi connectivity index (χ4v) is 2.69. The number of ether oxygens (including phenoxy) is 4. The van der Waals surface area contributed by atoms with Gasteiger partial charge in [-0.25, -0.2) is 0 Å². The Morgan fingerprint density at radius 2 is 1.62 bits per heavy atom. The van der Waals surface area contributed by atoms with Crippen molar-refractivity contribution in [1.82, 2.24) is 0 Å². The predicted molar refractivity (Wildman–Crippen MR) is 104 cm³/mol. The number of methoxy groups -OCH3 is 2. The summed E-state index contributed by atoms with van der Waals surface area (Å²) in [6.45, 7) is 7.63. The molecule has 0 saturated heterocycles. The van der Waals surface area contributed by atoms with Crippen molar-refractivity contribution in [3.8, 4) is 23.0 Å². The van der Waals surface area contributed by atoms with Crippen LogP contribution in [0.25, 0.3) is 0 Å². The summed E-state index contributed by atoms with van der Waals surface area (Å²) in [5.41, 5.74) is 7.73. The Labute approximate surface area is 156 Å². The quantitative estimate of drug-likeness (QED) is 0.724. The van der Waals surface area contributed by atoms with Crippen molar-refractivity contribution in [2.24, 2.45) is 5.73 Å². The molecule has 0 amide bonds. The van der Waals surface area contributed by atoms with Crippen LogP contribution in [-0.2, 0) is 12.0 Å². The molecule has 5 nitrogen and oxygen atoms in total. The molecule has 2 aromatic carbocycles. The lowest BCUT2D eigenvalue weighted by atomic mass is 9.86. The number of rotatable bonds is 8. The van der Waals surface area contributed by atoms with Crippen LogP contribution in [0.3, 0.4) is 0 Å². The van der Waals surface area contributed by atoms with Gasteiger partial charge in [0.1, 0.15) is 24.7 Å². The highest BCUT2D eigenvalue weighted by Crippen LogP contribution is 2.34. The van der Waals surface area contributed by atoms with E-state index in [9.17, 15) is 0 Å². The van der Waals surface area contributed by atoms with Gasteiger partial charge in [0.15, 0.2) is 11.5 Å². The van der Waals surface area contributed by atoms with E-state index in [4.69, 9.17) is 24.7 Å². The molecule has 2 rings (SSSR count). The third-order valence-electron chi connectivity index (χ3n) is 4.08. The first-order valence-corrected chi connectivity index (χ1v) is 8.70. The standard InChI is InChI=1S/C21H29NO4/c1-21(2,3)17-13-16(23-4)9-10-18(17)25-11-12-26-20-15(14-22)7-6-8-19(20)24-5/h6-10,13H,11-12,14,22H2,1-5H3. The molecule has 0 spiro atoms. The number of hydrogen-bond donors (Lipinski definition) is 1. The minimum absolute atomic E-state index is 0.0555. The number of hydrogen-bond acceptors (Lipinski definition) is 5. The van der Waals surface area contributed by atoms with Crippen LogP contribution in [0.15, 0.2) is 36.4 Å². The molecular weight excluding hydrogens is 330 g/mol. The number of benzene rings is 2. The monoisotopic (exact) mass is 359 g/mol. The third kappa shape index (κ3) is 4.82. The van der Waals surface area contributed by atoms with E-state index in [1.54, 1.807) is 14.2 Å². The summed E-state index contributed by atoms with van der Waals surface area (Å²) in [6.07, 6.45) is 0. The largest absolute Gasteiger partial charge is 0.497 e. The lowest BCUT2D eigenvalue weighted by Gasteiger charge is -2.23. The van der Waals surface area contributed by atoms with Crippen LogP contribution in [-0.4, -0.2) is 27.4 Å². The Kier molecular flexibility index (Phi) is 6.75. The molecule has 0 aliphatic heterocycles. The van der Waals surface area contributed by atoms with Gasteiger partial charge in [-0.3, -0.25) is 0 Å². The average Bonchev–Trinajstić information content (AvgIpc) is 2.64. The minimum Gasteiger partial charge on any atom is -0.497 e. The number of nitrogens with two attached hydrogens (primary N) is 1. The molecular formula is C21H29NO4. The van der Waals surface area contributed by atoms with Crippen molar-refractivity contribution < 1.29 is 18.9 Å². The van der Waals surface area contributed by atoms with Crippen molar-refractivity contribution in [1.29, 1.82) is 0 Å². The van der Waals surface area contributed by atoms with E-state index in [1.165, 1.54) is 0 Å². The molecule has 0 aliphatic carbocycles. The summed E-state index contributed by atoms with van der Waals surface area (Å²) in [5.74, 6) is 3.00. The van der Waals surface area contributed by atoms with Crippen LogP contribution in [0, 0.1) is 0 Å². The van der Waals surface area contributed by atoms with Gasteiger partial charge >= 0.3 is 0 Å². The fraction of sp³-hybridized carbons (Fsp3) is 0.429. The zero-order chi connectivity index (χ0) is 19.2. The van der Waals surface area contributed by atoms with Crippen molar-refractivity contribution >= 4 is 0 Å². The Morgan fingerprint density at radius 3 is 2.23 bits per heavy atom. The second kappa shape index (κ2) is 8.81. The summed E-state index contributed by atoms with van der Waals surface area (Å²) in [5, 5.41) is 0. The van der Waals surface area contributed by atoms with Gasteiger partial charge in [0.05, 0.1) is 14.2 Å². The van der Waals surface area contributed by atoms with Gasteiger partial charge in [0, 0.05) is 17.7 Å². The molecule has 5 heteroatoms. The SMILES string of the molecule is COc1ccc(OCCOc2c(CN)cccc2OC)c(C(C)(C)C)c1. The average molecular weight is 359 g/mol. The van der Waals surface area contributed by atoms with Crippen LogP contribution < -0.4 is 24.7 Å². The topological polar surface area (TPSA) is 62.9 Å². The molecule has 2 N–H and O–H groups in total. The van der Waals surface area contributed by atoms with Gasteiger partial charge in [-0.05, 0) is 29.7 Å². The van der Waals surface area contributed by atoms with Crippen LogP contribution in [0.2, 0.25) is 0 Å². The second-order valence-corrected chi connectivity index (χ2v) is 6.96. The highest BCUT2D eigenvalue weighted by Gasteiger charge is 2.20. The third-order valence-corrected chi connectivity index (χ3v) is 4.08. The first kappa shape index (κ1) is 19.9. The molecule has 0 aliphatic rings. The predicted octanol–water partition coefficient (Wildman–Crippen LogP) is 3.92. The first-order chi connectivity index (χ1) is 12.4. The number of para-hydroxylation sites is 1. The van der Waals surface area contributed by atoms with Gasteiger partial charge in [-0.2, -0.15) is 0 Å². The Morgan fingerprint density at radius 1 is 0.885 bits per heavy atom. The smallest absolute Gasteiger partial charge is 0.165 e. The van der Waals surface area contributed by atoms with E-state index in [-0.39, 0.29) is 5.41 Å². The van der Waals surface area contributed by atoms with Gasteiger partial charge in [0.25, 0.3) is 0 Å². The molecule has 0 bridgehead atoms. The molecule has 0 unspecified atom stereocenters. The van der Waals surface area contributed by atoms with Crippen molar-refractivity contribution in [2.45, 2.75) is 32.7 Å². The molecule has 2 aromatic rings. The van der Waals surface area contributed by atoms with Gasteiger partial charge in [-0.1, -0.05) is 32.9 Å². The molecule has 0 aromatic heterocycles. The summed E-state index contributed by atoms with van der Waals surface area (Å²) in [6, 6.07) is 11.5. The molecule has 0 atom stereocenters. The second-order valence-electron chi connectivity index (χ2n) is 6.96. The molecule has 0 heterocycles. The maximum absolute atomic E-state index is 5.98. The fourth-order valence-electron chi connectivity index (χ4n) is 2.69. The molecule has 0 saturated carbocycles. The van der Waals surface area contributed by atoms with Gasteiger partial charge < -0.3 is 24.7 Å². The van der Waals surface area contributed by atoms with E-state index >= 15 is 0 Å². The lowest BCUT2D eigenvalue weighted by molar-refractivity contribution is 0.207. The summed E-state index contributed by atoms with van der Waals surface area (Å²) >= 11 is 0. The molecule has 26 heavy (non-hydrogen) atoms. The summed E-state index contributed by atoms with van der Waals surface area (Å²) in [4.78, 5) is 0. The van der Waals surface area contributed by atoms with Gasteiger partial charge in [0.2, 0.25) is 0 Å². The van der Waals surface area contributed by atoms with Crippen molar-refractivity contribution in [3.63, 3.8) is 0 Å². The van der Waals surface area contributed by atoms with Crippen LogP contribution in [0.4, 0.5) is 0 Å². The molecule has 0 radical (unpaired) electrons. The molecule has 0 fully saturated rings. The van der Waals surface area contributed by atoms with Crippen LogP contribution in [0.5, 0.6) is 23.0 Å². The van der Waals surface area contributed by atoms with E-state index in [0.29, 0.717) is 31.3 Å². The maximum Gasteiger partial charge on any atom is 0.165 e. The van der Waals surface area contributed by atoms with E-state index in [0.717, 1.165) is 22.6 Å². The van der Waals surface area contributed by atoms with Crippen molar-refractivity contribution in [2.75, 3.05) is 27.4 Å².